The van der Waals surface area contributed by atoms with E-state index in [-0.39, 0.29) is 70.8 Å². The first-order chi connectivity index (χ1) is 14.2. The number of hydrogen-bond donors (Lipinski definition) is 2. The van der Waals surface area contributed by atoms with Gasteiger partial charge in [-0.05, 0) is 30.5 Å². The molecular formula is C19H20NNa2O9S2-. The third-order valence-electron chi connectivity index (χ3n) is 3.54. The third-order valence-corrected chi connectivity index (χ3v) is 3.92. The summed E-state index contributed by atoms with van der Waals surface area (Å²) in [6.45, 7) is 4.00. The van der Waals surface area contributed by atoms with Gasteiger partial charge in [0.05, 0.1) is 0 Å². The first-order valence-electron chi connectivity index (χ1n) is 8.60. The molecule has 33 heavy (non-hydrogen) atoms. The second-order valence-electron chi connectivity index (χ2n) is 6.20. The largest absolute Gasteiger partial charge is 1.00 e. The van der Waals surface area contributed by atoms with Crippen LogP contribution in [0.4, 0.5) is 0 Å². The van der Waals surface area contributed by atoms with Gasteiger partial charge in [-0.3, -0.25) is 9.35 Å². The van der Waals surface area contributed by atoms with E-state index in [1.807, 2.05) is 19.1 Å². The van der Waals surface area contributed by atoms with Gasteiger partial charge in [-0.1, -0.05) is 25.1 Å². The molecule has 14 heteroatoms. The minimum atomic E-state index is -4.92. The van der Waals surface area contributed by atoms with Gasteiger partial charge in [0.2, 0.25) is 16.3 Å². The molecule has 0 unspecified atom stereocenters. The topological polar surface area (TPSA) is 173 Å². The van der Waals surface area contributed by atoms with Crippen LogP contribution in [-0.4, -0.2) is 42.9 Å². The fraction of sp³-hybridized carbons (Fsp3) is 0.211. The van der Waals surface area contributed by atoms with Crippen LogP contribution in [0.1, 0.15) is 22.3 Å². The predicted molar refractivity (Wildman–Crippen MR) is 110 cm³/mol. The summed E-state index contributed by atoms with van der Waals surface area (Å²) in [4.78, 5) is 11.8. The summed E-state index contributed by atoms with van der Waals surface area (Å²) < 4.78 is 69.1. The maximum absolute atomic E-state index is 11.8. The van der Waals surface area contributed by atoms with Crippen LogP contribution in [0.2, 0.25) is 0 Å². The van der Waals surface area contributed by atoms with Crippen molar-refractivity contribution in [3.05, 3.63) is 70.8 Å². The summed E-state index contributed by atoms with van der Waals surface area (Å²) in [7, 11) is -9.71. The number of amides is 1. The molecule has 2 N–H and O–H groups in total. The molecule has 0 aliphatic rings. The van der Waals surface area contributed by atoms with Crippen molar-refractivity contribution in [2.24, 2.45) is 0 Å². The van der Waals surface area contributed by atoms with Gasteiger partial charge in [-0.25, -0.2) is 16.8 Å². The molecule has 0 fully saturated rings. The first kappa shape index (κ1) is 34.4. The van der Waals surface area contributed by atoms with Gasteiger partial charge in [-0.15, -0.1) is 5.56 Å². The van der Waals surface area contributed by atoms with Crippen molar-refractivity contribution in [1.82, 2.24) is 5.32 Å². The molecule has 1 amide bonds. The van der Waals surface area contributed by atoms with Crippen molar-refractivity contribution in [2.45, 2.75) is 20.3 Å². The standard InChI is InChI=1S/C19H20NO5S.2Na.H2O4S/c1-14-4-3-5-16(12-14)7-9-19(21)20-11-10-17-6-8-18(15(2)13-17)25-26(22,23)24;;;1-5(2,3)4/h3,5-9,12-13H,10-11H2,1-2H3,(H,20,21)(H,22,23,24);;;(H2,1,2,3,4)/q-1;2*+1;/p-2/b9-7+;;;. The van der Waals surface area contributed by atoms with Crippen LogP contribution in [0, 0.1) is 19.9 Å². The molecule has 0 spiro atoms. The molecule has 0 aliphatic heterocycles. The Morgan fingerprint density at radius 1 is 1.12 bits per heavy atom. The van der Waals surface area contributed by atoms with E-state index in [1.165, 1.54) is 12.1 Å². The van der Waals surface area contributed by atoms with Crippen LogP contribution in [0.15, 0.2) is 42.5 Å². The number of rotatable bonds is 7. The van der Waals surface area contributed by atoms with E-state index in [0.717, 1.165) is 16.7 Å². The Balaban J connectivity index is 0. The van der Waals surface area contributed by atoms with Crippen molar-refractivity contribution < 1.29 is 98.6 Å². The zero-order valence-electron chi connectivity index (χ0n) is 18.6. The molecule has 0 bridgehead atoms. The number of benzene rings is 2. The van der Waals surface area contributed by atoms with Crippen LogP contribution in [-0.2, 0) is 32.0 Å². The second kappa shape index (κ2) is 16.0. The zero-order valence-corrected chi connectivity index (χ0v) is 24.2. The summed E-state index contributed by atoms with van der Waals surface area (Å²) in [6, 6.07) is 13.4. The van der Waals surface area contributed by atoms with E-state index >= 15 is 0 Å². The van der Waals surface area contributed by atoms with E-state index in [0.29, 0.717) is 18.5 Å². The van der Waals surface area contributed by atoms with Crippen LogP contribution in [0.3, 0.4) is 0 Å². The number of carbonyl (C=O) groups is 1. The number of carbonyl (C=O) groups excluding carboxylic acids is 1. The Kier molecular flexibility index (Phi) is 16.7. The zero-order chi connectivity index (χ0) is 23.7. The monoisotopic (exact) mass is 516 g/mol. The Morgan fingerprint density at radius 3 is 2.24 bits per heavy atom. The summed E-state index contributed by atoms with van der Waals surface area (Å²) in [5, 5.41) is 2.78. The van der Waals surface area contributed by atoms with Gasteiger partial charge in [0.25, 0.3) is 10.4 Å². The molecule has 0 heterocycles. The third kappa shape index (κ3) is 18.3. The average Bonchev–Trinajstić information content (AvgIpc) is 2.60. The van der Waals surface area contributed by atoms with Crippen LogP contribution < -0.4 is 68.6 Å². The quantitative estimate of drug-likeness (QED) is 0.121. The Morgan fingerprint density at radius 2 is 1.73 bits per heavy atom. The molecule has 0 aromatic heterocycles. The number of aryl methyl sites for hydroxylation is 2. The molecule has 2 aromatic rings. The Bertz CT molecular complexity index is 1140. The van der Waals surface area contributed by atoms with Crippen molar-refractivity contribution >= 4 is 32.8 Å². The summed E-state index contributed by atoms with van der Waals surface area (Å²) in [5.74, 6) is -0.198. The van der Waals surface area contributed by atoms with Gasteiger partial charge in [0.15, 0.2) is 0 Å². The molecule has 170 valence electrons. The van der Waals surface area contributed by atoms with E-state index in [2.05, 4.69) is 15.6 Å². The summed E-state index contributed by atoms with van der Waals surface area (Å²) >= 11 is 0. The van der Waals surface area contributed by atoms with E-state index in [1.54, 1.807) is 31.2 Å². The fourth-order valence-electron chi connectivity index (χ4n) is 2.34. The van der Waals surface area contributed by atoms with E-state index in [9.17, 15) is 17.8 Å². The van der Waals surface area contributed by atoms with Gasteiger partial charge in [0.1, 0.15) is 5.75 Å². The van der Waals surface area contributed by atoms with Crippen LogP contribution in [0.5, 0.6) is 5.75 Å². The normalized spacial score (nSPS) is 10.8. The predicted octanol–water partition coefficient (Wildman–Crippen LogP) is -4.67. The van der Waals surface area contributed by atoms with E-state index < -0.39 is 20.8 Å². The molecule has 0 saturated carbocycles. The van der Waals surface area contributed by atoms with Crippen molar-refractivity contribution in [3.63, 3.8) is 0 Å². The summed E-state index contributed by atoms with van der Waals surface area (Å²) in [5.41, 5.74) is 3.34. The van der Waals surface area contributed by atoms with Crippen molar-refractivity contribution in [3.8, 4) is 5.75 Å². The van der Waals surface area contributed by atoms with Crippen molar-refractivity contribution in [1.29, 1.82) is 0 Å². The van der Waals surface area contributed by atoms with Gasteiger partial charge < -0.3 is 18.6 Å². The molecular weight excluding hydrogens is 496 g/mol. The van der Waals surface area contributed by atoms with Crippen LogP contribution in [0.25, 0.3) is 6.08 Å². The number of nitrogens with one attached hydrogen (secondary N) is 1. The SMILES string of the molecule is Cc1[c-]ccc(/C=C/C(=O)NCCc2ccc(OS(=O)(=O)[O-])c(C)c2)c1.O=S(=O)([O-])O.[Na+].[Na+]. The van der Waals surface area contributed by atoms with Crippen LogP contribution >= 0.6 is 0 Å². The minimum Gasteiger partial charge on any atom is -0.726 e. The smallest absolute Gasteiger partial charge is 0.726 e. The summed E-state index contributed by atoms with van der Waals surface area (Å²) in [6.07, 6.45) is 3.76. The van der Waals surface area contributed by atoms with Gasteiger partial charge in [0, 0.05) is 12.6 Å². The van der Waals surface area contributed by atoms with Gasteiger partial charge in [-0.2, -0.15) is 29.8 Å². The Hall–Kier alpha value is -0.770. The molecule has 0 radical (unpaired) electrons. The number of hydrogen-bond acceptors (Lipinski definition) is 8. The first-order valence-corrected chi connectivity index (χ1v) is 11.3. The molecule has 0 atom stereocenters. The van der Waals surface area contributed by atoms with E-state index in [4.69, 9.17) is 17.5 Å². The average molecular weight is 516 g/mol. The maximum atomic E-state index is 11.8. The second-order valence-corrected chi connectivity index (χ2v) is 8.04. The molecule has 0 aliphatic carbocycles. The molecule has 10 nitrogen and oxygen atoms in total. The maximum Gasteiger partial charge on any atom is 1.00 e. The van der Waals surface area contributed by atoms with Gasteiger partial charge >= 0.3 is 59.1 Å². The van der Waals surface area contributed by atoms with Crippen molar-refractivity contribution in [2.75, 3.05) is 6.54 Å². The molecule has 0 saturated heterocycles. The fourth-order valence-corrected chi connectivity index (χ4v) is 2.75. The molecule has 2 aromatic carbocycles. The minimum absolute atomic E-state index is 0. The molecule has 2 rings (SSSR count). The Labute approximate surface area is 237 Å².